The van der Waals surface area contributed by atoms with Crippen LogP contribution in [0.15, 0.2) is 0 Å². The lowest BCUT2D eigenvalue weighted by atomic mass is 9.91. The molecule has 1 fully saturated rings. The van der Waals surface area contributed by atoms with E-state index in [1.165, 1.54) is 0 Å². The van der Waals surface area contributed by atoms with Crippen molar-refractivity contribution in [3.8, 4) is 0 Å². The van der Waals surface area contributed by atoms with Crippen molar-refractivity contribution in [2.75, 3.05) is 13.2 Å². The second-order valence-electron chi connectivity index (χ2n) is 2.76. The van der Waals surface area contributed by atoms with E-state index in [9.17, 15) is 8.78 Å². The number of alkyl halides is 2. The van der Waals surface area contributed by atoms with Crippen LogP contribution < -0.4 is 0 Å². The molecule has 1 rings (SSSR count). The predicted molar refractivity (Wildman–Crippen MR) is 29.5 cm³/mol. The monoisotopic (exact) mass is 136 g/mol. The van der Waals surface area contributed by atoms with Crippen molar-refractivity contribution in [3.63, 3.8) is 0 Å². The molecule has 0 N–H and O–H groups in total. The van der Waals surface area contributed by atoms with Gasteiger partial charge in [-0.1, -0.05) is 6.92 Å². The highest BCUT2D eigenvalue weighted by Gasteiger charge is 2.38. The van der Waals surface area contributed by atoms with E-state index in [-0.39, 0.29) is 6.61 Å². The smallest absolute Gasteiger partial charge is 0.246 e. The summed E-state index contributed by atoms with van der Waals surface area (Å²) in [4.78, 5) is 0. The van der Waals surface area contributed by atoms with Gasteiger partial charge in [0.1, 0.15) is 0 Å². The maximum absolute atomic E-state index is 12.0. The van der Waals surface area contributed by atoms with Crippen molar-refractivity contribution >= 4 is 0 Å². The van der Waals surface area contributed by atoms with Gasteiger partial charge >= 0.3 is 0 Å². The summed E-state index contributed by atoms with van der Waals surface area (Å²) in [5, 5.41) is 0. The molecule has 1 nitrogen and oxygen atoms in total. The lowest BCUT2D eigenvalue weighted by Gasteiger charge is -2.19. The Kier molecular flexibility index (Phi) is 1.70. The lowest BCUT2D eigenvalue weighted by molar-refractivity contribution is 0.000526. The van der Waals surface area contributed by atoms with Crippen molar-refractivity contribution in [1.29, 1.82) is 0 Å². The van der Waals surface area contributed by atoms with Gasteiger partial charge in [-0.3, -0.25) is 0 Å². The number of halogens is 2. The zero-order valence-electron chi connectivity index (χ0n) is 5.36. The average Bonchev–Trinajstić information content (AvgIpc) is 2.16. The van der Waals surface area contributed by atoms with E-state index < -0.39 is 11.8 Å². The molecule has 9 heavy (non-hydrogen) atoms. The normalized spacial score (nSPS) is 36.0. The molecule has 1 saturated heterocycles. The molecule has 0 aromatic rings. The third-order valence-corrected chi connectivity index (χ3v) is 1.78. The number of hydrogen-bond acceptors (Lipinski definition) is 1. The van der Waals surface area contributed by atoms with Crippen molar-refractivity contribution in [3.05, 3.63) is 0 Å². The second-order valence-corrected chi connectivity index (χ2v) is 2.76. The van der Waals surface area contributed by atoms with E-state index in [0.717, 1.165) is 0 Å². The fourth-order valence-corrected chi connectivity index (χ4v) is 0.855. The quantitative estimate of drug-likeness (QED) is 0.533. The Morgan fingerprint density at radius 2 is 2.22 bits per heavy atom. The van der Waals surface area contributed by atoms with Crippen LogP contribution in [-0.4, -0.2) is 19.6 Å². The molecule has 3 heteroatoms. The molecular weight excluding hydrogens is 126 g/mol. The van der Waals surface area contributed by atoms with E-state index in [0.29, 0.717) is 13.0 Å². The first-order valence-corrected chi connectivity index (χ1v) is 3.01. The molecule has 0 unspecified atom stereocenters. The maximum atomic E-state index is 12.0. The predicted octanol–water partition coefficient (Wildman–Crippen LogP) is 1.68. The molecule has 0 bridgehead atoms. The Hall–Kier alpha value is -0.180. The molecule has 0 aliphatic carbocycles. The van der Waals surface area contributed by atoms with Crippen molar-refractivity contribution in [1.82, 2.24) is 0 Å². The van der Waals surface area contributed by atoms with Crippen LogP contribution in [0.4, 0.5) is 8.78 Å². The van der Waals surface area contributed by atoms with Gasteiger partial charge in [0.25, 0.3) is 0 Å². The maximum Gasteiger partial charge on any atom is 0.246 e. The van der Waals surface area contributed by atoms with E-state index in [1.807, 2.05) is 0 Å². The Labute approximate surface area is 53.0 Å². The third-order valence-electron chi connectivity index (χ3n) is 1.78. The third kappa shape index (κ3) is 1.21. The zero-order chi connectivity index (χ0) is 6.91. The summed E-state index contributed by atoms with van der Waals surface area (Å²) >= 11 is 0. The first-order valence-electron chi connectivity index (χ1n) is 3.01. The molecule has 1 aliphatic heterocycles. The van der Waals surface area contributed by atoms with Crippen LogP contribution in [0.5, 0.6) is 0 Å². The summed E-state index contributed by atoms with van der Waals surface area (Å²) in [6.07, 6.45) is -1.75. The highest BCUT2D eigenvalue weighted by molar-refractivity contribution is 4.80. The minimum Gasteiger partial charge on any atom is -0.381 e. The van der Waals surface area contributed by atoms with Crippen LogP contribution in [0.3, 0.4) is 0 Å². The highest BCUT2D eigenvalue weighted by atomic mass is 19.3. The number of hydrogen-bond donors (Lipinski definition) is 0. The molecular formula is C6H10F2O. The molecule has 0 radical (unpaired) electrons. The Bertz CT molecular complexity index is 97.2. The SMILES string of the molecule is C[C@]1(C(F)F)CCOC1. The van der Waals surface area contributed by atoms with Gasteiger partial charge in [-0.15, -0.1) is 0 Å². The lowest BCUT2D eigenvalue weighted by Crippen LogP contribution is -2.25. The second kappa shape index (κ2) is 2.21. The summed E-state index contributed by atoms with van der Waals surface area (Å²) < 4.78 is 28.9. The van der Waals surface area contributed by atoms with E-state index in [1.54, 1.807) is 6.92 Å². The van der Waals surface area contributed by atoms with Crippen molar-refractivity contribution in [2.45, 2.75) is 19.8 Å². The van der Waals surface area contributed by atoms with E-state index in [2.05, 4.69) is 0 Å². The Morgan fingerprint density at radius 1 is 1.56 bits per heavy atom. The van der Waals surface area contributed by atoms with Gasteiger partial charge in [-0.2, -0.15) is 0 Å². The average molecular weight is 136 g/mol. The van der Waals surface area contributed by atoms with E-state index >= 15 is 0 Å². The summed E-state index contributed by atoms with van der Waals surface area (Å²) in [5.74, 6) is 0. The largest absolute Gasteiger partial charge is 0.381 e. The zero-order valence-corrected chi connectivity index (χ0v) is 5.36. The highest BCUT2D eigenvalue weighted by Crippen LogP contribution is 2.33. The van der Waals surface area contributed by atoms with Crippen LogP contribution >= 0.6 is 0 Å². The van der Waals surface area contributed by atoms with Gasteiger partial charge in [0.15, 0.2) is 0 Å². The van der Waals surface area contributed by atoms with Gasteiger partial charge in [-0.05, 0) is 6.42 Å². The summed E-state index contributed by atoms with van der Waals surface area (Å²) in [7, 11) is 0. The molecule has 1 atom stereocenters. The van der Waals surface area contributed by atoms with Crippen LogP contribution in [0.25, 0.3) is 0 Å². The summed E-state index contributed by atoms with van der Waals surface area (Å²) in [5.41, 5.74) is -0.861. The van der Waals surface area contributed by atoms with E-state index in [4.69, 9.17) is 4.74 Å². The molecule has 0 aromatic heterocycles. The van der Waals surface area contributed by atoms with Gasteiger partial charge in [0, 0.05) is 6.61 Å². The Balaban J connectivity index is 2.51. The van der Waals surface area contributed by atoms with Crippen LogP contribution in [0.1, 0.15) is 13.3 Å². The van der Waals surface area contributed by atoms with Crippen molar-refractivity contribution < 1.29 is 13.5 Å². The molecule has 0 saturated carbocycles. The topological polar surface area (TPSA) is 9.23 Å². The van der Waals surface area contributed by atoms with Crippen LogP contribution in [-0.2, 0) is 4.74 Å². The molecule has 0 amide bonds. The summed E-state index contributed by atoms with van der Waals surface area (Å²) in [6.45, 7) is 2.26. The molecule has 0 aromatic carbocycles. The first kappa shape index (κ1) is 6.93. The fraction of sp³-hybridized carbons (Fsp3) is 1.00. The number of rotatable bonds is 1. The minimum atomic E-state index is -2.24. The number of ether oxygens (including phenoxy) is 1. The molecule has 1 heterocycles. The molecule has 54 valence electrons. The standard InChI is InChI=1S/C6H10F2O/c1-6(5(7)8)2-3-9-4-6/h5H,2-4H2,1H3/t6-/m0/s1. The van der Waals surface area contributed by atoms with Crippen LogP contribution in [0, 0.1) is 5.41 Å². The van der Waals surface area contributed by atoms with Gasteiger partial charge < -0.3 is 4.74 Å². The van der Waals surface area contributed by atoms with Gasteiger partial charge in [0.2, 0.25) is 6.43 Å². The van der Waals surface area contributed by atoms with Gasteiger partial charge in [0.05, 0.1) is 12.0 Å². The van der Waals surface area contributed by atoms with Crippen molar-refractivity contribution in [2.24, 2.45) is 5.41 Å². The molecule has 0 spiro atoms. The van der Waals surface area contributed by atoms with Crippen LogP contribution in [0.2, 0.25) is 0 Å². The molecule has 1 aliphatic rings. The van der Waals surface area contributed by atoms with Gasteiger partial charge in [-0.25, -0.2) is 8.78 Å². The summed E-state index contributed by atoms with van der Waals surface area (Å²) in [6, 6.07) is 0. The minimum absolute atomic E-state index is 0.213. The fourth-order valence-electron chi connectivity index (χ4n) is 0.855. The first-order chi connectivity index (χ1) is 4.15. The Morgan fingerprint density at radius 3 is 2.44 bits per heavy atom.